The van der Waals surface area contributed by atoms with Gasteiger partial charge in [-0.1, -0.05) is 0 Å². The Morgan fingerprint density at radius 1 is 1.24 bits per heavy atom. The number of piperidine rings is 1. The lowest BCUT2D eigenvalue weighted by Gasteiger charge is -2.31. The van der Waals surface area contributed by atoms with Gasteiger partial charge in [-0.05, 0) is 58.5 Å². The molecule has 1 aromatic rings. The number of anilines is 1. The minimum Gasteiger partial charge on any atom is -0.478 e. The number of ether oxygens (including phenoxy) is 1. The highest BCUT2D eigenvalue weighted by Crippen LogP contribution is 2.33. The summed E-state index contributed by atoms with van der Waals surface area (Å²) in [4.78, 5) is 11.5. The SMILES string of the molecule is CCOc1cc(N(CC2CCNCC2)C2CC2)nc(C)n1. The molecular formula is C16H26N4O. The number of hydrogen-bond donors (Lipinski definition) is 1. The number of aromatic nitrogens is 2. The topological polar surface area (TPSA) is 50.3 Å². The number of nitrogens with zero attached hydrogens (tertiary/aromatic N) is 3. The van der Waals surface area contributed by atoms with E-state index in [-0.39, 0.29) is 0 Å². The van der Waals surface area contributed by atoms with Crippen LogP contribution in [0.25, 0.3) is 0 Å². The Balaban J connectivity index is 1.76. The fourth-order valence-corrected chi connectivity index (χ4v) is 3.05. The van der Waals surface area contributed by atoms with Crippen LogP contribution in [0.1, 0.15) is 38.4 Å². The molecule has 0 amide bonds. The predicted octanol–water partition coefficient (Wildman–Crippen LogP) is 2.15. The van der Waals surface area contributed by atoms with E-state index < -0.39 is 0 Å². The van der Waals surface area contributed by atoms with E-state index in [4.69, 9.17) is 4.74 Å². The van der Waals surface area contributed by atoms with Crippen LogP contribution in [0, 0.1) is 12.8 Å². The van der Waals surface area contributed by atoms with Gasteiger partial charge in [0, 0.05) is 18.7 Å². The van der Waals surface area contributed by atoms with Crippen LogP contribution in [0.4, 0.5) is 5.82 Å². The second-order valence-electron chi connectivity index (χ2n) is 6.12. The maximum absolute atomic E-state index is 5.58. The molecule has 5 heteroatoms. The van der Waals surface area contributed by atoms with E-state index in [0.29, 0.717) is 18.5 Å². The van der Waals surface area contributed by atoms with Crippen molar-refractivity contribution in [3.05, 3.63) is 11.9 Å². The fraction of sp³-hybridized carbons (Fsp3) is 0.750. The summed E-state index contributed by atoms with van der Waals surface area (Å²) in [5, 5.41) is 3.44. The maximum atomic E-state index is 5.58. The Morgan fingerprint density at radius 3 is 2.67 bits per heavy atom. The lowest BCUT2D eigenvalue weighted by Crippen LogP contribution is -2.37. The third-order valence-corrected chi connectivity index (χ3v) is 4.29. The molecule has 0 unspecified atom stereocenters. The standard InChI is InChI=1S/C16H26N4O/c1-3-21-16-10-15(18-12(2)19-16)20(14-4-5-14)11-13-6-8-17-9-7-13/h10,13-14,17H,3-9,11H2,1-2H3. The Labute approximate surface area is 127 Å². The molecule has 0 aromatic carbocycles. The van der Waals surface area contributed by atoms with Crippen molar-refractivity contribution >= 4 is 5.82 Å². The molecule has 1 aromatic heterocycles. The first-order valence-corrected chi connectivity index (χ1v) is 8.22. The third kappa shape index (κ3) is 3.84. The molecular weight excluding hydrogens is 264 g/mol. The van der Waals surface area contributed by atoms with Crippen LogP contribution >= 0.6 is 0 Å². The quantitative estimate of drug-likeness (QED) is 0.870. The largest absolute Gasteiger partial charge is 0.478 e. The third-order valence-electron chi connectivity index (χ3n) is 4.29. The van der Waals surface area contributed by atoms with Gasteiger partial charge in [-0.25, -0.2) is 4.98 Å². The van der Waals surface area contributed by atoms with E-state index in [1.165, 1.54) is 25.7 Å². The summed E-state index contributed by atoms with van der Waals surface area (Å²) in [6.45, 7) is 8.00. The van der Waals surface area contributed by atoms with Gasteiger partial charge in [-0.2, -0.15) is 4.98 Å². The van der Waals surface area contributed by atoms with Gasteiger partial charge < -0.3 is 15.0 Å². The number of aryl methyl sites for hydroxylation is 1. The summed E-state index contributed by atoms with van der Waals surface area (Å²) >= 11 is 0. The Morgan fingerprint density at radius 2 is 2.00 bits per heavy atom. The molecule has 0 bridgehead atoms. The van der Waals surface area contributed by atoms with Crippen molar-refractivity contribution < 1.29 is 4.74 Å². The van der Waals surface area contributed by atoms with Crippen LogP contribution < -0.4 is 15.0 Å². The van der Waals surface area contributed by atoms with Crippen molar-refractivity contribution in [3.8, 4) is 5.88 Å². The van der Waals surface area contributed by atoms with Gasteiger partial charge in [0.15, 0.2) is 0 Å². The van der Waals surface area contributed by atoms with E-state index in [1.807, 2.05) is 19.9 Å². The molecule has 21 heavy (non-hydrogen) atoms. The number of nitrogens with one attached hydrogen (secondary N) is 1. The summed E-state index contributed by atoms with van der Waals surface area (Å²) in [5.74, 6) is 3.33. The van der Waals surface area contributed by atoms with Gasteiger partial charge >= 0.3 is 0 Å². The molecule has 1 aliphatic carbocycles. The molecule has 1 N–H and O–H groups in total. The van der Waals surface area contributed by atoms with Crippen molar-refractivity contribution in [2.24, 2.45) is 5.92 Å². The molecule has 2 heterocycles. The zero-order chi connectivity index (χ0) is 14.7. The maximum Gasteiger partial charge on any atom is 0.218 e. The van der Waals surface area contributed by atoms with Crippen molar-refractivity contribution in [1.82, 2.24) is 15.3 Å². The first-order valence-electron chi connectivity index (χ1n) is 8.22. The van der Waals surface area contributed by atoms with Crippen LogP contribution in [0.15, 0.2) is 6.07 Å². The molecule has 0 spiro atoms. The molecule has 116 valence electrons. The van der Waals surface area contributed by atoms with Gasteiger partial charge in [-0.15, -0.1) is 0 Å². The molecule has 1 saturated carbocycles. The minimum absolute atomic E-state index is 0.646. The summed E-state index contributed by atoms with van der Waals surface area (Å²) in [7, 11) is 0. The van der Waals surface area contributed by atoms with Crippen molar-refractivity contribution in [3.63, 3.8) is 0 Å². The van der Waals surface area contributed by atoms with E-state index >= 15 is 0 Å². The van der Waals surface area contributed by atoms with Crippen LogP contribution in [-0.2, 0) is 0 Å². The number of hydrogen-bond acceptors (Lipinski definition) is 5. The fourth-order valence-electron chi connectivity index (χ4n) is 3.05. The smallest absolute Gasteiger partial charge is 0.218 e. The van der Waals surface area contributed by atoms with E-state index in [0.717, 1.165) is 37.2 Å². The minimum atomic E-state index is 0.646. The highest BCUT2D eigenvalue weighted by atomic mass is 16.5. The Hall–Kier alpha value is -1.36. The number of rotatable bonds is 6. The van der Waals surface area contributed by atoms with Crippen LogP contribution in [0.5, 0.6) is 5.88 Å². The van der Waals surface area contributed by atoms with Gasteiger partial charge in [0.25, 0.3) is 0 Å². The van der Waals surface area contributed by atoms with Crippen molar-refractivity contribution in [1.29, 1.82) is 0 Å². The molecule has 1 aliphatic heterocycles. The molecule has 2 aliphatic rings. The normalized spacial score (nSPS) is 19.5. The van der Waals surface area contributed by atoms with Crippen LogP contribution in [0.2, 0.25) is 0 Å². The second-order valence-corrected chi connectivity index (χ2v) is 6.12. The first kappa shape index (κ1) is 14.6. The Bertz CT molecular complexity index is 469. The lowest BCUT2D eigenvalue weighted by molar-refractivity contribution is 0.325. The summed E-state index contributed by atoms with van der Waals surface area (Å²) in [5.41, 5.74) is 0. The van der Waals surface area contributed by atoms with E-state index in [2.05, 4.69) is 20.2 Å². The zero-order valence-electron chi connectivity index (χ0n) is 13.1. The monoisotopic (exact) mass is 290 g/mol. The molecule has 1 saturated heterocycles. The van der Waals surface area contributed by atoms with Gasteiger partial charge in [-0.3, -0.25) is 0 Å². The van der Waals surface area contributed by atoms with Crippen molar-refractivity contribution in [2.75, 3.05) is 31.1 Å². The van der Waals surface area contributed by atoms with Crippen molar-refractivity contribution in [2.45, 2.75) is 45.6 Å². The highest BCUT2D eigenvalue weighted by molar-refractivity contribution is 5.44. The van der Waals surface area contributed by atoms with Crippen LogP contribution in [-0.4, -0.2) is 42.3 Å². The van der Waals surface area contributed by atoms with E-state index in [9.17, 15) is 0 Å². The summed E-state index contributed by atoms with van der Waals surface area (Å²) in [6, 6.07) is 2.68. The second kappa shape index (κ2) is 6.60. The Kier molecular flexibility index (Phi) is 4.58. The molecule has 0 atom stereocenters. The molecule has 5 nitrogen and oxygen atoms in total. The van der Waals surface area contributed by atoms with Gasteiger partial charge in [0.1, 0.15) is 11.6 Å². The predicted molar refractivity (Wildman–Crippen MR) is 83.9 cm³/mol. The van der Waals surface area contributed by atoms with Crippen LogP contribution in [0.3, 0.4) is 0 Å². The first-order chi connectivity index (χ1) is 10.3. The summed E-state index contributed by atoms with van der Waals surface area (Å²) < 4.78 is 5.58. The van der Waals surface area contributed by atoms with E-state index in [1.54, 1.807) is 0 Å². The summed E-state index contributed by atoms with van der Waals surface area (Å²) in [6.07, 6.45) is 5.12. The zero-order valence-corrected chi connectivity index (χ0v) is 13.1. The lowest BCUT2D eigenvalue weighted by atomic mass is 9.97. The molecule has 3 rings (SSSR count). The molecule has 0 radical (unpaired) electrons. The average Bonchev–Trinajstić information content (AvgIpc) is 3.30. The average molecular weight is 290 g/mol. The van der Waals surface area contributed by atoms with Gasteiger partial charge in [0.2, 0.25) is 5.88 Å². The van der Waals surface area contributed by atoms with Gasteiger partial charge in [0.05, 0.1) is 6.61 Å². The highest BCUT2D eigenvalue weighted by Gasteiger charge is 2.32. The molecule has 2 fully saturated rings.